The van der Waals surface area contributed by atoms with Gasteiger partial charge in [0.25, 0.3) is 0 Å². The molecule has 0 bridgehead atoms. The van der Waals surface area contributed by atoms with Gasteiger partial charge in [0, 0.05) is 0 Å². The minimum Gasteiger partial charge on any atom is -0.871 e. The second kappa shape index (κ2) is 18.7. The molecule has 2 N–H and O–H groups in total. The van der Waals surface area contributed by atoms with Crippen LogP contribution in [0.25, 0.3) is 22.3 Å². The van der Waals surface area contributed by atoms with Gasteiger partial charge in [0.15, 0.2) is 0 Å². The van der Waals surface area contributed by atoms with E-state index in [0.717, 1.165) is 73.6 Å². The molecule has 0 aliphatic carbocycles. The van der Waals surface area contributed by atoms with Gasteiger partial charge in [-0.1, -0.05) is 164 Å². The largest absolute Gasteiger partial charge is 2.00 e. The van der Waals surface area contributed by atoms with Crippen molar-refractivity contribution in [2.24, 2.45) is 0 Å². The molecule has 0 spiro atoms. The van der Waals surface area contributed by atoms with Crippen LogP contribution in [0.5, 0.6) is 11.5 Å². The van der Waals surface area contributed by atoms with E-state index >= 15 is 0 Å². The summed E-state index contributed by atoms with van der Waals surface area (Å²) in [4.78, 5) is 23.1. The molecule has 0 aliphatic rings. The van der Waals surface area contributed by atoms with Gasteiger partial charge in [-0.15, -0.1) is 0 Å². The third-order valence-corrected chi connectivity index (χ3v) is 9.18. The van der Waals surface area contributed by atoms with Crippen LogP contribution in [0.4, 0.5) is 0 Å². The average Bonchev–Trinajstić information content (AvgIpc) is 3.05. The zero-order chi connectivity index (χ0) is 35.5. The fourth-order valence-corrected chi connectivity index (χ4v) is 5.94. The Morgan fingerprint density at radius 3 is 1.18 bits per heavy atom. The predicted octanol–water partition coefficient (Wildman–Crippen LogP) is 9.96. The molecule has 0 unspecified atom stereocenters. The van der Waals surface area contributed by atoms with Crippen LogP contribution in [0, 0.1) is 0 Å². The summed E-state index contributed by atoms with van der Waals surface area (Å²) in [6, 6.07) is 25.4. The summed E-state index contributed by atoms with van der Waals surface area (Å²) in [6.45, 7) is 12.8. The minimum absolute atomic E-state index is 0. The van der Waals surface area contributed by atoms with Crippen molar-refractivity contribution in [3.05, 3.63) is 107 Å². The Morgan fingerprint density at radius 2 is 0.898 bits per heavy atom. The number of unbranched alkanes of at least 4 members (excludes halogenated alkanes) is 4. The number of hydrogen-bond donors (Lipinski definition) is 2. The summed E-state index contributed by atoms with van der Waals surface area (Å²) in [7, 11) is 0. The van der Waals surface area contributed by atoms with Gasteiger partial charge in [0.05, 0.1) is 11.1 Å². The number of carboxylic acid groups (broad SMARTS) is 2. The molecular formula is C42H50O6Zn. The van der Waals surface area contributed by atoms with E-state index in [0.29, 0.717) is 11.1 Å². The fourth-order valence-electron chi connectivity index (χ4n) is 5.94. The van der Waals surface area contributed by atoms with E-state index in [9.17, 15) is 30.0 Å². The molecule has 256 valence electrons. The van der Waals surface area contributed by atoms with E-state index in [2.05, 4.69) is 41.5 Å². The molecule has 0 radical (unpaired) electrons. The molecule has 0 saturated carbocycles. The van der Waals surface area contributed by atoms with E-state index in [4.69, 9.17) is 0 Å². The fraction of sp³-hybridized carbons (Fsp3) is 0.381. The van der Waals surface area contributed by atoms with E-state index in [1.807, 2.05) is 72.8 Å². The van der Waals surface area contributed by atoms with E-state index in [-0.39, 0.29) is 41.4 Å². The van der Waals surface area contributed by atoms with Crippen molar-refractivity contribution < 1.29 is 49.5 Å². The summed E-state index contributed by atoms with van der Waals surface area (Å²) >= 11 is 0. The zero-order valence-electron chi connectivity index (χ0n) is 30.0. The molecule has 0 aromatic heterocycles. The van der Waals surface area contributed by atoms with Crippen LogP contribution in [0.3, 0.4) is 0 Å². The normalized spacial score (nSPS) is 11.2. The van der Waals surface area contributed by atoms with Gasteiger partial charge in [0.1, 0.15) is 0 Å². The number of carbonyl (C=O) groups is 2. The topological polar surface area (TPSA) is 121 Å². The summed E-state index contributed by atoms with van der Waals surface area (Å²) in [6.07, 6.45) is 8.70. The van der Waals surface area contributed by atoms with Gasteiger partial charge in [-0.05, 0) is 69.2 Å². The van der Waals surface area contributed by atoms with Crippen LogP contribution in [-0.2, 0) is 30.3 Å². The smallest absolute Gasteiger partial charge is 0.871 e. The average molecular weight is 716 g/mol. The van der Waals surface area contributed by atoms with Gasteiger partial charge in [-0.3, -0.25) is 0 Å². The number of hydrogen-bond acceptors (Lipinski definition) is 4. The summed E-state index contributed by atoms with van der Waals surface area (Å²) in [5.41, 5.74) is 3.65. The maximum absolute atomic E-state index is 12.6. The quantitative estimate of drug-likeness (QED) is 0.0990. The molecule has 0 atom stereocenters. The SMILES string of the molecule is CCCCCC(C)(C)c1cc(C(=O)O)c([O-])c(-c2ccccc2)c1.CCCCCC(C)(C)c1cc(C(=O)O)c([O-])c(-c2ccccc2)c1.[Zn+2]. The maximum atomic E-state index is 12.6. The Kier molecular flexibility index (Phi) is 15.7. The first-order valence-electron chi connectivity index (χ1n) is 17.0. The molecule has 4 aromatic carbocycles. The molecule has 4 aromatic rings. The first-order chi connectivity index (χ1) is 22.7. The van der Waals surface area contributed by atoms with E-state index < -0.39 is 23.4 Å². The Hall–Kier alpha value is -3.96. The summed E-state index contributed by atoms with van der Waals surface area (Å²) < 4.78 is 0. The minimum atomic E-state index is -1.16. The van der Waals surface area contributed by atoms with Crippen molar-refractivity contribution in [3.8, 4) is 33.8 Å². The molecule has 4 rings (SSSR count). The van der Waals surface area contributed by atoms with Gasteiger partial charge in [0.2, 0.25) is 0 Å². The van der Waals surface area contributed by atoms with Gasteiger partial charge in [-0.25, -0.2) is 9.59 Å². The van der Waals surface area contributed by atoms with Crippen LogP contribution < -0.4 is 10.2 Å². The number of carboxylic acids is 2. The molecule has 49 heavy (non-hydrogen) atoms. The molecule has 0 heterocycles. The third-order valence-electron chi connectivity index (χ3n) is 9.18. The van der Waals surface area contributed by atoms with Gasteiger partial charge < -0.3 is 20.4 Å². The second-order valence-corrected chi connectivity index (χ2v) is 13.8. The van der Waals surface area contributed by atoms with Crippen LogP contribution in [0.15, 0.2) is 84.9 Å². The third kappa shape index (κ3) is 11.0. The van der Waals surface area contributed by atoms with Crippen LogP contribution >= 0.6 is 0 Å². The molecule has 0 fully saturated rings. The first-order valence-corrected chi connectivity index (χ1v) is 17.0. The Balaban J connectivity index is 0.000000333. The molecular weight excluding hydrogens is 666 g/mol. The molecule has 0 saturated heterocycles. The predicted molar refractivity (Wildman–Crippen MR) is 191 cm³/mol. The Labute approximate surface area is 305 Å². The van der Waals surface area contributed by atoms with Crippen molar-refractivity contribution in [2.45, 2.75) is 104 Å². The van der Waals surface area contributed by atoms with Crippen LogP contribution in [0.2, 0.25) is 0 Å². The molecule has 6 nitrogen and oxygen atoms in total. The van der Waals surface area contributed by atoms with E-state index in [1.54, 1.807) is 12.1 Å². The number of benzene rings is 4. The maximum Gasteiger partial charge on any atom is 2.00 e. The summed E-state index contributed by atoms with van der Waals surface area (Å²) in [5, 5.41) is 44.0. The Morgan fingerprint density at radius 1 is 0.571 bits per heavy atom. The summed E-state index contributed by atoms with van der Waals surface area (Å²) in [5.74, 6) is -3.16. The monoisotopic (exact) mass is 714 g/mol. The zero-order valence-corrected chi connectivity index (χ0v) is 32.9. The van der Waals surface area contributed by atoms with Crippen molar-refractivity contribution >= 4 is 11.9 Å². The molecule has 0 amide bonds. The van der Waals surface area contributed by atoms with E-state index in [1.165, 1.54) is 0 Å². The first kappa shape index (κ1) is 41.2. The standard InChI is InChI=1S/2C21H26O3.Zn/c2*1-4-5-9-12-21(2,3)16-13-17(15-10-7-6-8-11-15)19(22)18(14-16)20(23)24;/h2*6-8,10-11,13-14,22H,4-5,9,12H2,1-3H3,(H,23,24);/q;;+2/p-2. The Bertz CT molecular complexity index is 1540. The van der Waals surface area contributed by atoms with Crippen molar-refractivity contribution in [1.82, 2.24) is 0 Å². The van der Waals surface area contributed by atoms with Crippen molar-refractivity contribution in [2.75, 3.05) is 0 Å². The van der Waals surface area contributed by atoms with Crippen molar-refractivity contribution in [1.29, 1.82) is 0 Å². The van der Waals surface area contributed by atoms with Crippen molar-refractivity contribution in [3.63, 3.8) is 0 Å². The van der Waals surface area contributed by atoms with Crippen LogP contribution in [0.1, 0.15) is 125 Å². The second-order valence-electron chi connectivity index (χ2n) is 13.8. The van der Waals surface area contributed by atoms with Gasteiger partial charge in [-0.2, -0.15) is 0 Å². The van der Waals surface area contributed by atoms with Gasteiger partial charge >= 0.3 is 31.4 Å². The number of aromatic carboxylic acids is 2. The molecule has 7 heteroatoms. The number of rotatable bonds is 14. The molecule has 0 aliphatic heterocycles. The van der Waals surface area contributed by atoms with Crippen LogP contribution in [-0.4, -0.2) is 22.2 Å².